The maximum atomic E-state index is 11.9. The van der Waals surface area contributed by atoms with Gasteiger partial charge in [0.15, 0.2) is 0 Å². The quantitative estimate of drug-likeness (QED) is 0.206. The molecule has 0 fully saturated rings. The van der Waals surface area contributed by atoms with Gasteiger partial charge in [-0.25, -0.2) is 9.64 Å². The standard InChI is InChI=1S/C21H19N3O5S/c1-15-5-6-18(30-15)13-19(23-2)21(26)29-11-9-27-8-10-28-20(25)16(14-22)12-17-4-3-7-24-17/h3-7,12-13,24H,8-11H2,1H3. The molecule has 0 aromatic carbocycles. The van der Waals surface area contributed by atoms with E-state index < -0.39 is 11.9 Å². The Morgan fingerprint density at radius 1 is 1.17 bits per heavy atom. The van der Waals surface area contributed by atoms with Crippen molar-refractivity contribution in [3.05, 3.63) is 68.6 Å². The van der Waals surface area contributed by atoms with Crippen LogP contribution in [0.25, 0.3) is 17.0 Å². The molecule has 2 heterocycles. The Balaban J connectivity index is 1.65. The van der Waals surface area contributed by atoms with Gasteiger partial charge in [-0.05, 0) is 43.3 Å². The van der Waals surface area contributed by atoms with Gasteiger partial charge in [-0.3, -0.25) is 4.79 Å². The Bertz CT molecular complexity index is 1010. The van der Waals surface area contributed by atoms with Gasteiger partial charge in [0.2, 0.25) is 0 Å². The molecule has 1 N–H and O–H groups in total. The molecule has 0 spiro atoms. The van der Waals surface area contributed by atoms with Crippen molar-refractivity contribution >= 4 is 35.4 Å². The number of nitrogens with zero attached hydrogens (tertiary/aromatic N) is 2. The molecule has 2 aromatic heterocycles. The zero-order valence-corrected chi connectivity index (χ0v) is 17.0. The van der Waals surface area contributed by atoms with Gasteiger partial charge in [-0.15, -0.1) is 11.3 Å². The number of carbonyl (C=O) groups is 2. The number of hydrogen-bond acceptors (Lipinski definition) is 7. The van der Waals surface area contributed by atoms with E-state index in [9.17, 15) is 9.59 Å². The first-order valence-electron chi connectivity index (χ1n) is 8.86. The summed E-state index contributed by atoms with van der Waals surface area (Å²) in [5, 5.41) is 9.04. The number of carbonyl (C=O) groups excluding carboxylic acids is 2. The van der Waals surface area contributed by atoms with Crippen LogP contribution in [0.5, 0.6) is 0 Å². The largest absolute Gasteiger partial charge is 0.468 e. The zero-order valence-electron chi connectivity index (χ0n) is 16.2. The molecule has 2 rings (SSSR count). The highest BCUT2D eigenvalue weighted by molar-refractivity contribution is 7.12. The molecule has 0 aliphatic heterocycles. The van der Waals surface area contributed by atoms with E-state index in [1.165, 1.54) is 23.5 Å². The second-order valence-electron chi connectivity index (χ2n) is 5.77. The fourth-order valence-electron chi connectivity index (χ4n) is 2.17. The normalized spacial score (nSPS) is 11.4. The number of hydrogen-bond donors (Lipinski definition) is 1. The molecule has 30 heavy (non-hydrogen) atoms. The number of ether oxygens (including phenoxy) is 3. The SMILES string of the molecule is [C-]#[N+]C(=Cc1ccc(C)s1)C(=O)OCCOCCOC(=O)C(C#N)=Cc1ccc[nH]1. The van der Waals surface area contributed by atoms with Crippen LogP contribution in [0.3, 0.4) is 0 Å². The zero-order chi connectivity index (χ0) is 21.8. The van der Waals surface area contributed by atoms with E-state index in [1.807, 2.05) is 19.1 Å². The van der Waals surface area contributed by atoms with Crippen molar-refractivity contribution < 1.29 is 23.8 Å². The van der Waals surface area contributed by atoms with Crippen molar-refractivity contribution in [3.8, 4) is 6.07 Å². The number of rotatable bonds is 10. The molecule has 0 saturated heterocycles. The van der Waals surface area contributed by atoms with Gasteiger partial charge in [-0.2, -0.15) is 5.26 Å². The van der Waals surface area contributed by atoms with E-state index in [-0.39, 0.29) is 37.7 Å². The molecule has 0 amide bonds. The third-order valence-corrected chi connectivity index (χ3v) is 4.50. The summed E-state index contributed by atoms with van der Waals surface area (Å²) in [6, 6.07) is 8.97. The molecule has 0 atom stereocenters. The van der Waals surface area contributed by atoms with Crippen molar-refractivity contribution in [1.82, 2.24) is 4.98 Å². The van der Waals surface area contributed by atoms with Crippen molar-refractivity contribution in [2.75, 3.05) is 26.4 Å². The van der Waals surface area contributed by atoms with Crippen molar-refractivity contribution in [1.29, 1.82) is 5.26 Å². The minimum absolute atomic E-state index is 0.0424. The highest BCUT2D eigenvalue weighted by Crippen LogP contribution is 2.19. The Morgan fingerprint density at radius 3 is 2.47 bits per heavy atom. The van der Waals surface area contributed by atoms with Crippen LogP contribution in [-0.4, -0.2) is 43.4 Å². The number of aromatic nitrogens is 1. The summed E-state index contributed by atoms with van der Waals surface area (Å²) < 4.78 is 15.2. The highest BCUT2D eigenvalue weighted by Gasteiger charge is 2.13. The summed E-state index contributed by atoms with van der Waals surface area (Å²) in [5.74, 6) is -1.48. The maximum Gasteiger partial charge on any atom is 0.349 e. The number of thiophene rings is 1. The smallest absolute Gasteiger partial charge is 0.349 e. The van der Waals surface area contributed by atoms with Crippen LogP contribution in [-0.2, 0) is 23.8 Å². The van der Waals surface area contributed by atoms with Gasteiger partial charge < -0.3 is 19.2 Å². The molecule has 0 bridgehead atoms. The number of aromatic amines is 1. The van der Waals surface area contributed by atoms with Crippen molar-refractivity contribution in [3.63, 3.8) is 0 Å². The first kappa shape index (κ1) is 22.6. The van der Waals surface area contributed by atoms with E-state index in [2.05, 4.69) is 9.83 Å². The van der Waals surface area contributed by atoms with Crippen LogP contribution in [0.15, 0.2) is 41.7 Å². The number of aryl methyl sites for hydroxylation is 1. The Morgan fingerprint density at radius 2 is 1.90 bits per heavy atom. The van der Waals surface area contributed by atoms with Crippen LogP contribution in [0.4, 0.5) is 0 Å². The summed E-state index contributed by atoms with van der Waals surface area (Å²) in [5.41, 5.74) is 0.373. The molecular weight excluding hydrogens is 406 g/mol. The molecule has 0 unspecified atom stereocenters. The van der Waals surface area contributed by atoms with Crippen LogP contribution < -0.4 is 0 Å². The average molecular weight is 425 g/mol. The van der Waals surface area contributed by atoms with E-state index in [4.69, 9.17) is 26.0 Å². The van der Waals surface area contributed by atoms with Gasteiger partial charge in [0, 0.05) is 21.6 Å². The molecule has 0 aliphatic rings. The topological polar surface area (TPSA) is 106 Å². The fourth-order valence-corrected chi connectivity index (χ4v) is 2.98. The first-order chi connectivity index (χ1) is 14.5. The van der Waals surface area contributed by atoms with E-state index in [0.717, 1.165) is 9.75 Å². The van der Waals surface area contributed by atoms with E-state index >= 15 is 0 Å². The minimum atomic E-state index is -0.752. The van der Waals surface area contributed by atoms with Gasteiger partial charge in [0.1, 0.15) is 24.9 Å². The molecule has 0 saturated carbocycles. The molecule has 8 nitrogen and oxygen atoms in total. The second kappa shape index (κ2) is 12.0. The molecule has 9 heteroatoms. The van der Waals surface area contributed by atoms with Crippen LogP contribution >= 0.6 is 11.3 Å². The van der Waals surface area contributed by atoms with E-state index in [1.54, 1.807) is 24.4 Å². The summed E-state index contributed by atoms with van der Waals surface area (Å²) in [4.78, 5) is 31.7. The number of H-pyrrole nitrogens is 1. The van der Waals surface area contributed by atoms with Gasteiger partial charge >= 0.3 is 11.9 Å². The summed E-state index contributed by atoms with van der Waals surface area (Å²) >= 11 is 1.47. The van der Waals surface area contributed by atoms with Crippen LogP contribution in [0, 0.1) is 24.8 Å². The molecule has 0 radical (unpaired) electrons. The van der Waals surface area contributed by atoms with Crippen molar-refractivity contribution in [2.45, 2.75) is 6.92 Å². The van der Waals surface area contributed by atoms with Gasteiger partial charge in [-0.1, -0.05) is 0 Å². The lowest BCUT2D eigenvalue weighted by molar-refractivity contribution is -0.141. The summed E-state index contributed by atoms with van der Waals surface area (Å²) in [6.45, 7) is 9.11. The van der Waals surface area contributed by atoms with Crippen molar-refractivity contribution in [2.24, 2.45) is 0 Å². The predicted octanol–water partition coefficient (Wildman–Crippen LogP) is 3.35. The molecule has 2 aromatic rings. The molecule has 0 aliphatic carbocycles. The molecular formula is C21H19N3O5S. The highest BCUT2D eigenvalue weighted by atomic mass is 32.1. The maximum absolute atomic E-state index is 11.9. The minimum Gasteiger partial charge on any atom is -0.468 e. The monoisotopic (exact) mass is 425 g/mol. The lowest BCUT2D eigenvalue weighted by Crippen LogP contribution is -2.15. The number of nitrogens with one attached hydrogen (secondary N) is 1. The Labute approximate surface area is 177 Å². The Hall–Kier alpha value is -3.66. The second-order valence-corrected chi connectivity index (χ2v) is 7.09. The first-order valence-corrected chi connectivity index (χ1v) is 9.68. The Kier molecular flexibility index (Phi) is 9.07. The lowest BCUT2D eigenvalue weighted by Gasteiger charge is -2.06. The average Bonchev–Trinajstić information content (AvgIpc) is 3.40. The lowest BCUT2D eigenvalue weighted by atomic mass is 10.2. The van der Waals surface area contributed by atoms with Gasteiger partial charge in [0.25, 0.3) is 5.70 Å². The third kappa shape index (κ3) is 7.40. The summed E-state index contributed by atoms with van der Waals surface area (Å²) in [6.07, 6.45) is 4.55. The van der Waals surface area contributed by atoms with Crippen LogP contribution in [0.2, 0.25) is 0 Å². The number of nitriles is 1. The number of esters is 2. The fraction of sp³-hybridized carbons (Fsp3) is 0.238. The van der Waals surface area contributed by atoms with Crippen LogP contribution in [0.1, 0.15) is 15.4 Å². The predicted molar refractivity (Wildman–Crippen MR) is 111 cm³/mol. The van der Waals surface area contributed by atoms with Gasteiger partial charge in [0.05, 0.1) is 19.8 Å². The van der Waals surface area contributed by atoms with E-state index in [0.29, 0.717) is 5.69 Å². The third-order valence-electron chi connectivity index (χ3n) is 3.55. The summed E-state index contributed by atoms with van der Waals surface area (Å²) in [7, 11) is 0. The molecule has 154 valence electrons.